The summed E-state index contributed by atoms with van der Waals surface area (Å²) in [6.45, 7) is 0. The van der Waals surface area contributed by atoms with Crippen LogP contribution in [-0.4, -0.2) is 15.3 Å². The summed E-state index contributed by atoms with van der Waals surface area (Å²) in [5.74, 6) is 1.20. The number of ketones is 1. The Labute approximate surface area is 186 Å². The van der Waals surface area contributed by atoms with Crippen molar-refractivity contribution < 1.29 is 4.79 Å². The van der Waals surface area contributed by atoms with Crippen LogP contribution in [0.1, 0.15) is 30.7 Å². The van der Waals surface area contributed by atoms with Crippen LogP contribution in [-0.2, 0) is 4.79 Å². The van der Waals surface area contributed by atoms with E-state index in [1.165, 1.54) is 0 Å². The number of rotatable bonds is 3. The second kappa shape index (κ2) is 7.71. The van der Waals surface area contributed by atoms with E-state index in [1.807, 2.05) is 63.0 Å². The number of anilines is 1. The van der Waals surface area contributed by atoms with E-state index in [1.54, 1.807) is 17.5 Å². The summed E-state index contributed by atoms with van der Waals surface area (Å²) in [6, 6.07) is 12.2. The molecule has 5 nitrogen and oxygen atoms in total. The summed E-state index contributed by atoms with van der Waals surface area (Å²) in [5, 5.41) is 14.3. The molecule has 1 aliphatic heterocycles. The molecule has 0 bridgehead atoms. The minimum absolute atomic E-state index is 0.119. The number of nitrogens with zero attached hydrogens (tertiary/aromatic N) is 4. The number of Topliss-reactive ketones (excluding diaryl/α,β-unsaturated/α-hetero) is 1. The Kier molecular flexibility index (Phi) is 4.89. The average molecular weight is 477 g/mol. The molecule has 2 aliphatic rings. The van der Waals surface area contributed by atoms with E-state index in [4.69, 9.17) is 0 Å². The standard InChI is InChI=1S/C23H17BrN4OS/c24-16-6-7-20(26-13-16)28-18-4-3-5-19(29)22(18)21(15-8-11-30-14-15)17(12-25)23(28)27-9-1-2-10-27/h1-2,6-11,13-14,21H,3-5H2. The smallest absolute Gasteiger partial charge is 0.161 e. The molecule has 0 amide bonds. The Balaban J connectivity index is 1.84. The van der Waals surface area contributed by atoms with Gasteiger partial charge in [-0.05, 0) is 75.4 Å². The topological polar surface area (TPSA) is 61.9 Å². The molecule has 4 heterocycles. The maximum absolute atomic E-state index is 13.2. The van der Waals surface area contributed by atoms with Crippen LogP contribution in [0.25, 0.3) is 5.82 Å². The molecule has 1 atom stereocenters. The Bertz CT molecular complexity index is 1200. The number of halogens is 1. The zero-order valence-corrected chi connectivity index (χ0v) is 18.4. The van der Waals surface area contributed by atoms with Crippen molar-refractivity contribution >= 4 is 44.7 Å². The summed E-state index contributed by atoms with van der Waals surface area (Å²) in [6.07, 6.45) is 7.67. The molecule has 1 unspecified atom stereocenters. The fourth-order valence-corrected chi connectivity index (χ4v) is 5.21. The number of pyridine rings is 1. The van der Waals surface area contributed by atoms with E-state index >= 15 is 0 Å². The van der Waals surface area contributed by atoms with E-state index in [9.17, 15) is 10.1 Å². The third-order valence-corrected chi connectivity index (χ3v) is 6.69. The molecule has 0 radical (unpaired) electrons. The van der Waals surface area contributed by atoms with Gasteiger partial charge in [0.25, 0.3) is 0 Å². The van der Waals surface area contributed by atoms with Crippen molar-refractivity contribution in [3.05, 3.63) is 86.6 Å². The van der Waals surface area contributed by atoms with Gasteiger partial charge in [-0.1, -0.05) is 0 Å². The van der Waals surface area contributed by atoms with Gasteiger partial charge < -0.3 is 4.57 Å². The van der Waals surface area contributed by atoms with E-state index in [-0.39, 0.29) is 11.7 Å². The first-order valence-corrected chi connectivity index (χ1v) is 11.4. The fraction of sp³-hybridized carbons (Fsp3) is 0.174. The van der Waals surface area contributed by atoms with Crippen LogP contribution < -0.4 is 4.90 Å². The van der Waals surface area contributed by atoms with E-state index < -0.39 is 0 Å². The summed E-state index contributed by atoms with van der Waals surface area (Å²) >= 11 is 5.03. The largest absolute Gasteiger partial charge is 0.309 e. The lowest BCUT2D eigenvalue weighted by atomic mass is 9.76. The van der Waals surface area contributed by atoms with Gasteiger partial charge in [0.15, 0.2) is 5.78 Å². The van der Waals surface area contributed by atoms with Gasteiger partial charge in [-0.3, -0.25) is 9.69 Å². The maximum atomic E-state index is 13.2. The lowest BCUT2D eigenvalue weighted by Crippen LogP contribution is -2.37. The minimum atomic E-state index is -0.354. The normalized spacial score (nSPS) is 19.1. The van der Waals surface area contributed by atoms with Crippen molar-refractivity contribution in [3.63, 3.8) is 0 Å². The van der Waals surface area contributed by atoms with E-state index in [0.29, 0.717) is 17.8 Å². The third-order valence-electron chi connectivity index (χ3n) is 5.52. The van der Waals surface area contributed by atoms with Crippen molar-refractivity contribution in [1.29, 1.82) is 5.26 Å². The summed E-state index contributed by atoms with van der Waals surface area (Å²) in [7, 11) is 0. The average Bonchev–Trinajstić information content (AvgIpc) is 3.47. The van der Waals surface area contributed by atoms with Crippen LogP contribution in [0.2, 0.25) is 0 Å². The monoisotopic (exact) mass is 476 g/mol. The highest BCUT2D eigenvalue weighted by Crippen LogP contribution is 2.48. The Morgan fingerprint density at radius 1 is 1.20 bits per heavy atom. The van der Waals surface area contributed by atoms with Gasteiger partial charge in [-0.25, -0.2) is 4.98 Å². The molecule has 3 aromatic heterocycles. The van der Waals surface area contributed by atoms with Gasteiger partial charge in [0.1, 0.15) is 11.6 Å². The van der Waals surface area contributed by atoms with Crippen molar-refractivity contribution in [1.82, 2.24) is 9.55 Å². The number of hydrogen-bond acceptors (Lipinski definition) is 5. The number of aromatic nitrogens is 2. The van der Waals surface area contributed by atoms with E-state index in [0.717, 1.165) is 40.0 Å². The Hall–Kier alpha value is -2.95. The quantitative estimate of drug-likeness (QED) is 0.485. The zero-order chi connectivity index (χ0) is 20.7. The predicted octanol–water partition coefficient (Wildman–Crippen LogP) is 5.71. The number of nitriles is 1. The van der Waals surface area contributed by atoms with Gasteiger partial charge >= 0.3 is 0 Å². The SMILES string of the molecule is N#CC1=C(n2cccc2)N(c2ccc(Br)cn2)C2=C(C(=O)CCC2)C1c1ccsc1. The highest BCUT2D eigenvalue weighted by atomic mass is 79.9. The first kappa shape index (κ1) is 19.0. The van der Waals surface area contributed by atoms with Crippen LogP contribution in [0.4, 0.5) is 5.82 Å². The first-order chi connectivity index (χ1) is 14.7. The molecule has 148 valence electrons. The molecule has 1 aliphatic carbocycles. The number of carbonyl (C=O) groups is 1. The van der Waals surface area contributed by atoms with Crippen molar-refractivity contribution in [2.45, 2.75) is 25.2 Å². The van der Waals surface area contributed by atoms with Crippen molar-refractivity contribution in [3.8, 4) is 6.07 Å². The highest BCUT2D eigenvalue weighted by molar-refractivity contribution is 9.10. The second-order valence-electron chi connectivity index (χ2n) is 7.24. The first-order valence-electron chi connectivity index (χ1n) is 9.66. The number of thiophene rings is 1. The van der Waals surface area contributed by atoms with Crippen LogP contribution in [0, 0.1) is 11.3 Å². The number of allylic oxidation sites excluding steroid dienone is 3. The molecule has 0 saturated carbocycles. The molecule has 0 aromatic carbocycles. The fourth-order valence-electron chi connectivity index (χ4n) is 4.29. The molecule has 30 heavy (non-hydrogen) atoms. The number of carbonyl (C=O) groups excluding carboxylic acids is 1. The Morgan fingerprint density at radius 2 is 2.03 bits per heavy atom. The lowest BCUT2D eigenvalue weighted by molar-refractivity contribution is -0.116. The molecule has 7 heteroatoms. The molecule has 0 spiro atoms. The summed E-state index contributed by atoms with van der Waals surface area (Å²) < 4.78 is 2.82. The van der Waals surface area contributed by atoms with Crippen LogP contribution in [0.3, 0.4) is 0 Å². The van der Waals surface area contributed by atoms with Gasteiger partial charge in [0.2, 0.25) is 0 Å². The third kappa shape index (κ3) is 3.04. The molecule has 5 rings (SSSR count). The second-order valence-corrected chi connectivity index (χ2v) is 8.93. The van der Waals surface area contributed by atoms with Crippen molar-refractivity contribution in [2.24, 2.45) is 0 Å². The molecular formula is C23H17BrN4OS. The number of hydrogen-bond donors (Lipinski definition) is 0. The predicted molar refractivity (Wildman–Crippen MR) is 121 cm³/mol. The van der Waals surface area contributed by atoms with Crippen LogP contribution in [0.5, 0.6) is 0 Å². The zero-order valence-electron chi connectivity index (χ0n) is 16.0. The van der Waals surface area contributed by atoms with Gasteiger partial charge in [0.05, 0.1) is 17.6 Å². The summed E-state index contributed by atoms with van der Waals surface area (Å²) in [4.78, 5) is 19.8. The van der Waals surface area contributed by atoms with Crippen LogP contribution >= 0.6 is 27.3 Å². The van der Waals surface area contributed by atoms with Gasteiger partial charge in [0, 0.05) is 40.8 Å². The van der Waals surface area contributed by atoms with Gasteiger partial charge in [-0.2, -0.15) is 16.6 Å². The molecule has 0 N–H and O–H groups in total. The minimum Gasteiger partial charge on any atom is -0.309 e. The summed E-state index contributed by atoms with van der Waals surface area (Å²) in [5.41, 5.74) is 3.23. The van der Waals surface area contributed by atoms with Crippen molar-refractivity contribution in [2.75, 3.05) is 4.90 Å². The lowest BCUT2D eigenvalue weighted by Gasteiger charge is -2.40. The Morgan fingerprint density at radius 3 is 2.70 bits per heavy atom. The molecular weight excluding hydrogens is 460 g/mol. The van der Waals surface area contributed by atoms with E-state index in [2.05, 4.69) is 27.0 Å². The maximum Gasteiger partial charge on any atom is 0.161 e. The van der Waals surface area contributed by atoms with Crippen LogP contribution in [0.15, 0.2) is 81.0 Å². The molecule has 0 saturated heterocycles. The molecule has 3 aromatic rings. The highest BCUT2D eigenvalue weighted by Gasteiger charge is 2.42. The molecule has 0 fully saturated rings. The van der Waals surface area contributed by atoms with Gasteiger partial charge in [-0.15, -0.1) is 0 Å².